The Hall–Kier alpha value is -1.34. The molecule has 0 N–H and O–H groups in total. The van der Waals surface area contributed by atoms with Crippen molar-refractivity contribution in [2.75, 3.05) is 0 Å². The first-order valence-corrected chi connectivity index (χ1v) is 4.71. The van der Waals surface area contributed by atoms with Gasteiger partial charge in [-0.1, -0.05) is 0 Å². The van der Waals surface area contributed by atoms with Crippen LogP contribution in [0, 0.1) is 11.3 Å². The van der Waals surface area contributed by atoms with Crippen LogP contribution in [0.25, 0.3) is 0 Å². The lowest BCUT2D eigenvalue weighted by atomic mass is 10.3. The minimum Gasteiger partial charge on any atom is -0.459 e. The summed E-state index contributed by atoms with van der Waals surface area (Å²) in [7, 11) is 0. The van der Waals surface area contributed by atoms with Gasteiger partial charge in [0.1, 0.15) is 10.9 Å². The van der Waals surface area contributed by atoms with Crippen molar-refractivity contribution in [2.45, 2.75) is 20.0 Å². The summed E-state index contributed by atoms with van der Waals surface area (Å²) in [6.07, 6.45) is -0.125. The lowest BCUT2D eigenvalue weighted by molar-refractivity contribution is 0.0384. The summed E-state index contributed by atoms with van der Waals surface area (Å²) < 4.78 is 4.96. The van der Waals surface area contributed by atoms with Crippen LogP contribution < -0.4 is 0 Å². The number of hydrogen-bond acceptors (Lipinski definition) is 4. The number of nitriles is 1. The highest BCUT2D eigenvalue weighted by Crippen LogP contribution is 2.15. The van der Waals surface area contributed by atoms with E-state index in [2.05, 4.69) is 0 Å². The number of hydrogen-bond donors (Lipinski definition) is 0. The van der Waals surface area contributed by atoms with Crippen LogP contribution in [0.1, 0.15) is 29.1 Å². The topological polar surface area (TPSA) is 50.1 Å². The zero-order chi connectivity index (χ0) is 9.84. The molecule has 0 radical (unpaired) electrons. The highest BCUT2D eigenvalue weighted by molar-refractivity contribution is 7.12. The van der Waals surface area contributed by atoms with E-state index in [1.54, 1.807) is 19.2 Å². The lowest BCUT2D eigenvalue weighted by Gasteiger charge is -2.04. The molecule has 1 rings (SSSR count). The number of carbonyl (C=O) groups excluding carboxylic acids is 1. The summed E-state index contributed by atoms with van der Waals surface area (Å²) in [6.45, 7) is 3.58. The van der Waals surface area contributed by atoms with E-state index in [1.165, 1.54) is 17.4 Å². The van der Waals surface area contributed by atoms with Gasteiger partial charge in [0, 0.05) is 5.38 Å². The molecule has 1 aromatic heterocycles. The normalized spacial score (nSPS) is 9.69. The Morgan fingerprint density at radius 2 is 2.38 bits per heavy atom. The molecule has 4 heteroatoms. The molecule has 0 aliphatic carbocycles. The van der Waals surface area contributed by atoms with Gasteiger partial charge in [-0.3, -0.25) is 0 Å². The fourth-order valence-electron chi connectivity index (χ4n) is 0.774. The van der Waals surface area contributed by atoms with Crippen LogP contribution in [0.2, 0.25) is 0 Å². The van der Waals surface area contributed by atoms with Crippen LogP contribution in [0.5, 0.6) is 0 Å². The lowest BCUT2D eigenvalue weighted by Crippen LogP contribution is -2.09. The third kappa shape index (κ3) is 2.56. The van der Waals surface area contributed by atoms with Crippen molar-refractivity contribution < 1.29 is 9.53 Å². The fourth-order valence-corrected chi connectivity index (χ4v) is 1.49. The van der Waals surface area contributed by atoms with Crippen molar-refractivity contribution in [3.05, 3.63) is 21.9 Å². The van der Waals surface area contributed by atoms with Gasteiger partial charge in [0.25, 0.3) is 0 Å². The molecule has 0 atom stereocenters. The first-order chi connectivity index (χ1) is 6.13. The maximum absolute atomic E-state index is 11.3. The summed E-state index contributed by atoms with van der Waals surface area (Å²) in [4.78, 5) is 11.7. The van der Waals surface area contributed by atoms with Crippen molar-refractivity contribution >= 4 is 17.3 Å². The van der Waals surface area contributed by atoms with E-state index in [1.807, 2.05) is 6.07 Å². The molecule has 0 aromatic carbocycles. The second kappa shape index (κ2) is 4.06. The maximum Gasteiger partial charge on any atom is 0.348 e. The summed E-state index contributed by atoms with van der Waals surface area (Å²) in [5.41, 5.74) is 0.501. The first kappa shape index (κ1) is 9.75. The van der Waals surface area contributed by atoms with E-state index in [4.69, 9.17) is 10.00 Å². The molecule has 0 amide bonds. The molecule has 13 heavy (non-hydrogen) atoms. The van der Waals surface area contributed by atoms with Crippen molar-refractivity contribution in [2.24, 2.45) is 0 Å². The number of rotatable bonds is 2. The Bertz CT molecular complexity index is 349. The molecular formula is C9H9NO2S. The second-order valence-electron chi connectivity index (χ2n) is 2.77. The van der Waals surface area contributed by atoms with Gasteiger partial charge in [-0.15, -0.1) is 11.3 Å². The van der Waals surface area contributed by atoms with E-state index in [0.717, 1.165) is 0 Å². The van der Waals surface area contributed by atoms with Gasteiger partial charge in [0.05, 0.1) is 11.7 Å². The van der Waals surface area contributed by atoms with Crippen LogP contribution in [0.15, 0.2) is 11.4 Å². The summed E-state index contributed by atoms with van der Waals surface area (Å²) in [5, 5.41) is 10.2. The van der Waals surface area contributed by atoms with Gasteiger partial charge in [-0.25, -0.2) is 4.79 Å². The molecule has 0 bridgehead atoms. The smallest absolute Gasteiger partial charge is 0.348 e. The van der Waals surface area contributed by atoms with E-state index >= 15 is 0 Å². The van der Waals surface area contributed by atoms with E-state index in [-0.39, 0.29) is 12.1 Å². The van der Waals surface area contributed by atoms with Crippen LogP contribution in [0.4, 0.5) is 0 Å². The Morgan fingerprint density at radius 1 is 1.69 bits per heavy atom. The molecule has 0 unspecified atom stereocenters. The predicted octanol–water partition coefficient (Wildman–Crippen LogP) is 2.18. The van der Waals surface area contributed by atoms with Crippen LogP contribution in [0.3, 0.4) is 0 Å². The van der Waals surface area contributed by atoms with Gasteiger partial charge in [-0.05, 0) is 19.9 Å². The molecule has 0 fully saturated rings. The highest BCUT2D eigenvalue weighted by Gasteiger charge is 2.11. The van der Waals surface area contributed by atoms with Gasteiger partial charge in [-0.2, -0.15) is 5.26 Å². The highest BCUT2D eigenvalue weighted by atomic mass is 32.1. The standard InChI is InChI=1S/C9H9NO2S/c1-6(2)12-9(11)8-3-7(4-10)5-13-8/h3,5-6H,1-2H3. The molecule has 0 saturated carbocycles. The van der Waals surface area contributed by atoms with Crippen molar-refractivity contribution in [3.8, 4) is 6.07 Å². The Morgan fingerprint density at radius 3 is 2.85 bits per heavy atom. The average molecular weight is 195 g/mol. The second-order valence-corrected chi connectivity index (χ2v) is 3.68. The number of ether oxygens (including phenoxy) is 1. The van der Waals surface area contributed by atoms with E-state index in [9.17, 15) is 4.79 Å². The van der Waals surface area contributed by atoms with E-state index < -0.39 is 0 Å². The predicted molar refractivity (Wildman–Crippen MR) is 49.6 cm³/mol. The average Bonchev–Trinajstić information content (AvgIpc) is 2.50. The van der Waals surface area contributed by atoms with Crippen molar-refractivity contribution in [3.63, 3.8) is 0 Å². The van der Waals surface area contributed by atoms with Gasteiger partial charge in [0.15, 0.2) is 0 Å². The zero-order valence-electron chi connectivity index (χ0n) is 7.40. The summed E-state index contributed by atoms with van der Waals surface area (Å²) in [5.74, 6) is -0.360. The molecule has 1 heterocycles. The van der Waals surface area contributed by atoms with Crippen LogP contribution >= 0.6 is 11.3 Å². The largest absolute Gasteiger partial charge is 0.459 e. The number of nitrogens with zero attached hydrogens (tertiary/aromatic N) is 1. The Labute approximate surface area is 80.6 Å². The third-order valence-corrected chi connectivity index (χ3v) is 2.18. The molecule has 0 aliphatic rings. The maximum atomic E-state index is 11.3. The SMILES string of the molecule is CC(C)OC(=O)c1cc(C#N)cs1. The number of carbonyl (C=O) groups is 1. The van der Waals surface area contributed by atoms with Crippen molar-refractivity contribution in [1.82, 2.24) is 0 Å². The van der Waals surface area contributed by atoms with E-state index in [0.29, 0.717) is 10.4 Å². The molecule has 0 spiro atoms. The molecule has 0 aliphatic heterocycles. The summed E-state index contributed by atoms with van der Waals surface area (Å²) in [6, 6.07) is 3.50. The monoisotopic (exact) mass is 195 g/mol. The molecule has 3 nitrogen and oxygen atoms in total. The van der Waals surface area contributed by atoms with Crippen LogP contribution in [-0.4, -0.2) is 12.1 Å². The minimum absolute atomic E-state index is 0.125. The number of thiophene rings is 1. The Kier molecular flexibility index (Phi) is 3.04. The fraction of sp³-hybridized carbons (Fsp3) is 0.333. The zero-order valence-corrected chi connectivity index (χ0v) is 8.22. The number of esters is 1. The Balaban J connectivity index is 2.73. The first-order valence-electron chi connectivity index (χ1n) is 3.83. The molecule has 0 saturated heterocycles. The quantitative estimate of drug-likeness (QED) is 0.679. The molecular weight excluding hydrogens is 186 g/mol. The third-order valence-electron chi connectivity index (χ3n) is 1.27. The molecule has 1 aromatic rings. The van der Waals surface area contributed by atoms with Gasteiger partial charge in [0.2, 0.25) is 0 Å². The molecule has 68 valence electrons. The minimum atomic E-state index is -0.360. The van der Waals surface area contributed by atoms with Crippen molar-refractivity contribution in [1.29, 1.82) is 5.26 Å². The van der Waals surface area contributed by atoms with Crippen LogP contribution in [-0.2, 0) is 4.74 Å². The van der Waals surface area contributed by atoms with Gasteiger partial charge < -0.3 is 4.74 Å². The van der Waals surface area contributed by atoms with Gasteiger partial charge >= 0.3 is 5.97 Å². The summed E-state index contributed by atoms with van der Waals surface area (Å²) >= 11 is 1.23.